The summed E-state index contributed by atoms with van der Waals surface area (Å²) in [6.45, 7) is 1.79. The Bertz CT molecular complexity index is 619. The van der Waals surface area contributed by atoms with Crippen LogP contribution in [0, 0.1) is 6.92 Å². The molecule has 0 spiro atoms. The van der Waals surface area contributed by atoms with Crippen LogP contribution in [0.5, 0.6) is 0 Å². The molecule has 2 aromatic rings. The van der Waals surface area contributed by atoms with Crippen LogP contribution >= 0.6 is 10.7 Å². The average Bonchev–Trinajstić information content (AvgIpc) is 2.63. The first-order valence-corrected chi connectivity index (χ1v) is 6.85. The van der Waals surface area contributed by atoms with Gasteiger partial charge in [-0.05, 0) is 19.1 Å². The molecular weight excluding hydrogens is 248 g/mol. The van der Waals surface area contributed by atoms with Crippen molar-refractivity contribution < 1.29 is 8.42 Å². The van der Waals surface area contributed by atoms with Crippen molar-refractivity contribution in [2.45, 2.75) is 11.8 Å². The summed E-state index contributed by atoms with van der Waals surface area (Å²) in [7, 11) is 1.62. The molecule has 0 amide bonds. The molecule has 0 radical (unpaired) electrons. The van der Waals surface area contributed by atoms with E-state index in [4.69, 9.17) is 10.7 Å². The van der Waals surface area contributed by atoms with E-state index in [1.807, 2.05) is 0 Å². The minimum atomic E-state index is -3.75. The van der Waals surface area contributed by atoms with E-state index < -0.39 is 9.05 Å². The smallest absolute Gasteiger partial charge is 0.263 e. The highest BCUT2D eigenvalue weighted by molar-refractivity contribution is 8.13. The lowest BCUT2D eigenvalue weighted by atomic mass is 10.3. The topological polar surface area (TPSA) is 52.0 Å². The van der Waals surface area contributed by atoms with Gasteiger partial charge in [-0.25, -0.2) is 13.4 Å². The van der Waals surface area contributed by atoms with E-state index in [-0.39, 0.29) is 4.90 Å². The van der Waals surface area contributed by atoms with E-state index in [9.17, 15) is 8.42 Å². The molecule has 0 saturated carbocycles. The van der Waals surface area contributed by atoms with Crippen LogP contribution in [0.1, 0.15) is 5.82 Å². The van der Waals surface area contributed by atoms with Crippen molar-refractivity contribution in [1.82, 2.24) is 9.55 Å². The van der Waals surface area contributed by atoms with E-state index in [1.165, 1.54) is 6.07 Å². The Balaban J connectivity index is 2.72. The first kappa shape index (κ1) is 11.2. The molecule has 0 aliphatic heterocycles. The molecule has 84 valence electrons. The number of aromatic nitrogens is 2. The van der Waals surface area contributed by atoms with Gasteiger partial charge in [-0.2, -0.15) is 0 Å². The summed E-state index contributed by atoms with van der Waals surface area (Å²) < 4.78 is 24.5. The molecule has 0 N–H and O–H groups in total. The number of hydrogen-bond acceptors (Lipinski definition) is 3. The zero-order valence-corrected chi connectivity index (χ0v) is 10.0. The van der Waals surface area contributed by atoms with E-state index in [0.29, 0.717) is 11.5 Å². The Hall–Kier alpha value is -1.33. The number of rotatable bonds is 2. The molecule has 0 aliphatic rings. The van der Waals surface area contributed by atoms with Crippen molar-refractivity contribution in [1.29, 1.82) is 0 Å². The Morgan fingerprint density at radius 3 is 2.56 bits per heavy atom. The predicted octanol–water partition coefficient (Wildman–Crippen LogP) is 2.11. The molecule has 0 aliphatic carbocycles. The molecule has 1 aromatic carbocycles. The third-order valence-electron chi connectivity index (χ3n) is 2.21. The fraction of sp³-hybridized carbons (Fsp3) is 0.100. The van der Waals surface area contributed by atoms with Crippen molar-refractivity contribution >= 4 is 19.7 Å². The summed E-state index contributed by atoms with van der Waals surface area (Å²) >= 11 is 0. The van der Waals surface area contributed by atoms with Gasteiger partial charge in [-0.15, -0.1) is 0 Å². The van der Waals surface area contributed by atoms with Crippen molar-refractivity contribution in [2.75, 3.05) is 0 Å². The Morgan fingerprint density at radius 1 is 1.31 bits per heavy atom. The largest absolute Gasteiger partial charge is 0.303 e. The quantitative estimate of drug-likeness (QED) is 0.774. The fourth-order valence-corrected chi connectivity index (χ4v) is 2.54. The highest BCUT2D eigenvalue weighted by atomic mass is 35.7. The van der Waals surface area contributed by atoms with Crippen LogP contribution in [-0.2, 0) is 9.05 Å². The summed E-state index contributed by atoms with van der Waals surface area (Å²) in [6, 6.07) is 6.53. The van der Waals surface area contributed by atoms with Gasteiger partial charge in [0.25, 0.3) is 9.05 Å². The number of imidazole rings is 1. The normalized spacial score (nSPS) is 11.6. The standard InChI is InChI=1S/C10H9ClN2O2S/c1-8-12-6-7-13(8)9-4-2-3-5-10(9)16(11,14)15/h2-7H,1H3. The van der Waals surface area contributed by atoms with Crippen molar-refractivity contribution in [3.63, 3.8) is 0 Å². The van der Waals surface area contributed by atoms with Crippen LogP contribution in [0.4, 0.5) is 0 Å². The second kappa shape index (κ2) is 3.92. The van der Waals surface area contributed by atoms with E-state index >= 15 is 0 Å². The number of benzene rings is 1. The summed E-state index contributed by atoms with van der Waals surface area (Å²) in [5.74, 6) is 0.702. The molecule has 2 rings (SSSR count). The number of nitrogens with zero attached hydrogens (tertiary/aromatic N) is 2. The van der Waals surface area contributed by atoms with E-state index in [1.54, 1.807) is 42.1 Å². The molecule has 16 heavy (non-hydrogen) atoms. The van der Waals surface area contributed by atoms with Gasteiger partial charge >= 0.3 is 0 Å². The number of hydrogen-bond donors (Lipinski definition) is 0. The molecule has 0 bridgehead atoms. The van der Waals surface area contributed by atoms with E-state index in [0.717, 1.165) is 0 Å². The summed E-state index contributed by atoms with van der Waals surface area (Å²) in [5.41, 5.74) is 0.507. The van der Waals surface area contributed by atoms with Crippen LogP contribution in [0.3, 0.4) is 0 Å². The Kier molecular flexibility index (Phi) is 2.73. The monoisotopic (exact) mass is 256 g/mol. The minimum Gasteiger partial charge on any atom is -0.303 e. The molecule has 6 heteroatoms. The van der Waals surface area contributed by atoms with E-state index in [2.05, 4.69) is 4.98 Å². The second-order valence-electron chi connectivity index (χ2n) is 3.25. The maximum Gasteiger partial charge on any atom is 0.263 e. The lowest BCUT2D eigenvalue weighted by Gasteiger charge is -2.08. The first-order valence-electron chi connectivity index (χ1n) is 4.54. The SMILES string of the molecule is Cc1nccn1-c1ccccc1S(=O)(=O)Cl. The molecule has 1 heterocycles. The van der Waals surface area contributed by atoms with Gasteiger partial charge in [-0.3, -0.25) is 0 Å². The van der Waals surface area contributed by atoms with Gasteiger partial charge in [0, 0.05) is 23.1 Å². The second-order valence-corrected chi connectivity index (χ2v) is 5.78. The Morgan fingerprint density at radius 2 is 2.00 bits per heavy atom. The highest BCUT2D eigenvalue weighted by Gasteiger charge is 2.16. The Labute approximate surface area is 97.9 Å². The third-order valence-corrected chi connectivity index (χ3v) is 3.58. The molecule has 4 nitrogen and oxygen atoms in total. The van der Waals surface area contributed by atoms with Gasteiger partial charge in [0.05, 0.1) is 5.69 Å². The first-order chi connectivity index (χ1) is 7.50. The van der Waals surface area contributed by atoms with Gasteiger partial charge in [-0.1, -0.05) is 12.1 Å². The number of aryl methyl sites for hydroxylation is 1. The molecule has 0 fully saturated rings. The molecule has 0 saturated heterocycles. The third kappa shape index (κ3) is 1.96. The van der Waals surface area contributed by atoms with Crippen molar-refractivity contribution in [2.24, 2.45) is 0 Å². The van der Waals surface area contributed by atoms with Crippen LogP contribution in [0.2, 0.25) is 0 Å². The van der Waals surface area contributed by atoms with Gasteiger partial charge in [0.15, 0.2) is 0 Å². The maximum atomic E-state index is 11.4. The highest BCUT2D eigenvalue weighted by Crippen LogP contribution is 2.23. The van der Waals surface area contributed by atoms with Gasteiger partial charge in [0.2, 0.25) is 0 Å². The average molecular weight is 257 g/mol. The number of halogens is 1. The predicted molar refractivity (Wildman–Crippen MR) is 61.3 cm³/mol. The molecule has 0 atom stereocenters. The minimum absolute atomic E-state index is 0.0813. The molecular formula is C10H9ClN2O2S. The maximum absolute atomic E-state index is 11.4. The molecule has 0 unspecified atom stereocenters. The van der Waals surface area contributed by atoms with Gasteiger partial charge < -0.3 is 4.57 Å². The van der Waals surface area contributed by atoms with Crippen LogP contribution in [0.15, 0.2) is 41.6 Å². The van der Waals surface area contributed by atoms with Crippen LogP contribution < -0.4 is 0 Å². The zero-order valence-electron chi connectivity index (χ0n) is 8.46. The van der Waals surface area contributed by atoms with Crippen molar-refractivity contribution in [3.8, 4) is 5.69 Å². The summed E-state index contributed by atoms with van der Waals surface area (Å²) in [4.78, 5) is 4.12. The molecule has 1 aromatic heterocycles. The summed E-state index contributed by atoms with van der Waals surface area (Å²) in [5, 5.41) is 0. The van der Waals surface area contributed by atoms with Crippen LogP contribution in [-0.4, -0.2) is 18.0 Å². The summed E-state index contributed by atoms with van der Waals surface area (Å²) in [6.07, 6.45) is 3.29. The van der Waals surface area contributed by atoms with Gasteiger partial charge in [0.1, 0.15) is 10.7 Å². The lowest BCUT2D eigenvalue weighted by molar-refractivity contribution is 0.609. The number of para-hydroxylation sites is 1. The van der Waals surface area contributed by atoms with Crippen LogP contribution in [0.25, 0.3) is 5.69 Å². The fourth-order valence-electron chi connectivity index (χ4n) is 1.49. The zero-order chi connectivity index (χ0) is 11.8. The van der Waals surface area contributed by atoms with Crippen molar-refractivity contribution in [3.05, 3.63) is 42.5 Å². The lowest BCUT2D eigenvalue weighted by Crippen LogP contribution is -2.02.